The molecule has 1 saturated heterocycles. The molecule has 0 bridgehead atoms. The SMILES string of the molecule is COc1ccc2c(C(=O)N3CCCC(CN)C3)cc(C)nc2c1. The number of carbonyl (C=O) groups is 1. The zero-order valence-electron chi connectivity index (χ0n) is 13.7. The molecule has 122 valence electrons. The van der Waals surface area contributed by atoms with E-state index in [1.165, 1.54) is 0 Å². The number of amides is 1. The number of piperidine rings is 1. The van der Waals surface area contributed by atoms with E-state index in [9.17, 15) is 4.79 Å². The van der Waals surface area contributed by atoms with E-state index < -0.39 is 0 Å². The number of methoxy groups -OCH3 is 1. The summed E-state index contributed by atoms with van der Waals surface area (Å²) in [6.45, 7) is 4.09. The minimum atomic E-state index is 0.0730. The molecule has 1 fully saturated rings. The van der Waals surface area contributed by atoms with E-state index in [-0.39, 0.29) is 5.91 Å². The van der Waals surface area contributed by atoms with E-state index in [1.54, 1.807) is 7.11 Å². The van der Waals surface area contributed by atoms with Gasteiger partial charge in [0.2, 0.25) is 0 Å². The molecule has 0 radical (unpaired) electrons. The summed E-state index contributed by atoms with van der Waals surface area (Å²) in [4.78, 5) is 19.5. The van der Waals surface area contributed by atoms with Gasteiger partial charge in [0.15, 0.2) is 0 Å². The van der Waals surface area contributed by atoms with Crippen molar-refractivity contribution >= 4 is 16.8 Å². The van der Waals surface area contributed by atoms with Gasteiger partial charge in [-0.2, -0.15) is 0 Å². The lowest BCUT2D eigenvalue weighted by Gasteiger charge is -2.32. The van der Waals surface area contributed by atoms with E-state index in [4.69, 9.17) is 10.5 Å². The van der Waals surface area contributed by atoms with Crippen molar-refractivity contribution in [1.29, 1.82) is 0 Å². The Kier molecular flexibility index (Phi) is 4.48. The summed E-state index contributed by atoms with van der Waals surface area (Å²) in [6.07, 6.45) is 2.12. The lowest BCUT2D eigenvalue weighted by Crippen LogP contribution is -2.42. The van der Waals surface area contributed by atoms with Crippen molar-refractivity contribution in [1.82, 2.24) is 9.88 Å². The van der Waals surface area contributed by atoms with Gasteiger partial charge in [0.1, 0.15) is 5.75 Å². The van der Waals surface area contributed by atoms with Crippen molar-refractivity contribution < 1.29 is 9.53 Å². The fourth-order valence-electron chi connectivity index (χ4n) is 3.26. The van der Waals surface area contributed by atoms with Gasteiger partial charge in [-0.25, -0.2) is 0 Å². The highest BCUT2D eigenvalue weighted by Gasteiger charge is 2.25. The monoisotopic (exact) mass is 313 g/mol. The molecule has 0 aliphatic carbocycles. The molecule has 1 amide bonds. The van der Waals surface area contributed by atoms with Crippen molar-refractivity contribution in [2.24, 2.45) is 11.7 Å². The van der Waals surface area contributed by atoms with Gasteiger partial charge in [0.25, 0.3) is 5.91 Å². The van der Waals surface area contributed by atoms with Crippen molar-refractivity contribution in [2.75, 3.05) is 26.7 Å². The number of fused-ring (bicyclic) bond motifs is 1. The number of pyridine rings is 1. The van der Waals surface area contributed by atoms with Crippen LogP contribution >= 0.6 is 0 Å². The largest absolute Gasteiger partial charge is 0.497 e. The minimum Gasteiger partial charge on any atom is -0.497 e. The summed E-state index contributed by atoms with van der Waals surface area (Å²) in [5.74, 6) is 1.22. The number of likely N-dealkylation sites (tertiary alicyclic amines) is 1. The van der Waals surface area contributed by atoms with E-state index in [0.29, 0.717) is 18.0 Å². The molecule has 0 saturated carbocycles. The molecule has 2 aromatic rings. The fourth-order valence-corrected chi connectivity index (χ4v) is 3.26. The number of carbonyl (C=O) groups excluding carboxylic acids is 1. The molecule has 2 heterocycles. The maximum absolute atomic E-state index is 13.0. The smallest absolute Gasteiger partial charge is 0.254 e. The zero-order valence-corrected chi connectivity index (χ0v) is 13.7. The quantitative estimate of drug-likeness (QED) is 0.944. The highest BCUT2D eigenvalue weighted by Crippen LogP contribution is 2.26. The summed E-state index contributed by atoms with van der Waals surface area (Å²) in [7, 11) is 1.63. The lowest BCUT2D eigenvalue weighted by molar-refractivity contribution is 0.0680. The number of aromatic nitrogens is 1. The Bertz CT molecular complexity index is 730. The highest BCUT2D eigenvalue weighted by molar-refractivity contribution is 6.06. The van der Waals surface area contributed by atoms with Crippen molar-refractivity contribution in [2.45, 2.75) is 19.8 Å². The standard InChI is InChI=1S/C18H23N3O2/c1-12-8-16(15-6-5-14(23-2)9-17(15)20-12)18(22)21-7-3-4-13(10-19)11-21/h5-6,8-9,13H,3-4,7,10-11,19H2,1-2H3. The lowest BCUT2D eigenvalue weighted by atomic mass is 9.97. The average Bonchev–Trinajstić information content (AvgIpc) is 2.59. The Morgan fingerprint density at radius 1 is 1.43 bits per heavy atom. The molecule has 1 aliphatic rings. The molecule has 2 N–H and O–H groups in total. The van der Waals surface area contributed by atoms with Gasteiger partial charge in [0, 0.05) is 30.2 Å². The first-order valence-electron chi connectivity index (χ1n) is 8.07. The number of hydrogen-bond donors (Lipinski definition) is 1. The van der Waals surface area contributed by atoms with E-state index >= 15 is 0 Å². The topological polar surface area (TPSA) is 68.5 Å². The van der Waals surface area contributed by atoms with Gasteiger partial charge in [-0.15, -0.1) is 0 Å². The predicted molar refractivity (Wildman–Crippen MR) is 90.7 cm³/mol. The van der Waals surface area contributed by atoms with Crippen LogP contribution in [-0.2, 0) is 0 Å². The van der Waals surface area contributed by atoms with Crippen LogP contribution < -0.4 is 10.5 Å². The molecular weight excluding hydrogens is 290 g/mol. The molecule has 1 aromatic heterocycles. The van der Waals surface area contributed by atoms with Crippen molar-refractivity contribution in [3.63, 3.8) is 0 Å². The molecular formula is C18H23N3O2. The number of benzene rings is 1. The summed E-state index contributed by atoms with van der Waals surface area (Å²) in [5.41, 5.74) is 8.13. The molecule has 23 heavy (non-hydrogen) atoms. The Morgan fingerprint density at radius 2 is 2.26 bits per heavy atom. The van der Waals surface area contributed by atoms with Gasteiger partial charge in [-0.3, -0.25) is 9.78 Å². The van der Waals surface area contributed by atoms with Crippen LogP contribution in [0.5, 0.6) is 5.75 Å². The van der Waals surface area contributed by atoms with Gasteiger partial charge < -0.3 is 15.4 Å². The zero-order chi connectivity index (χ0) is 16.4. The second-order valence-corrected chi connectivity index (χ2v) is 6.19. The first kappa shape index (κ1) is 15.7. The summed E-state index contributed by atoms with van der Waals surface area (Å²) < 4.78 is 5.26. The Morgan fingerprint density at radius 3 is 3.00 bits per heavy atom. The van der Waals surface area contributed by atoms with Crippen LogP contribution in [0.4, 0.5) is 0 Å². The van der Waals surface area contributed by atoms with Crippen LogP contribution in [0.1, 0.15) is 28.9 Å². The maximum atomic E-state index is 13.0. The third-order valence-electron chi connectivity index (χ3n) is 4.52. The van der Waals surface area contributed by atoms with Crippen molar-refractivity contribution in [3.8, 4) is 5.75 Å². The predicted octanol–water partition coefficient (Wildman–Crippen LogP) is 2.36. The van der Waals surface area contributed by atoms with Crippen LogP contribution in [0.15, 0.2) is 24.3 Å². The van der Waals surface area contributed by atoms with Gasteiger partial charge >= 0.3 is 0 Å². The first-order chi connectivity index (χ1) is 11.1. The summed E-state index contributed by atoms with van der Waals surface area (Å²) in [6, 6.07) is 7.54. The Labute approximate surface area is 136 Å². The number of hydrogen-bond acceptors (Lipinski definition) is 4. The van der Waals surface area contributed by atoms with Gasteiger partial charge in [-0.1, -0.05) is 0 Å². The molecule has 5 nitrogen and oxygen atoms in total. The van der Waals surface area contributed by atoms with Gasteiger partial charge in [-0.05, 0) is 50.4 Å². The minimum absolute atomic E-state index is 0.0730. The molecule has 1 aliphatic heterocycles. The van der Waals surface area contributed by atoms with Crippen LogP contribution in [0.2, 0.25) is 0 Å². The normalized spacial score (nSPS) is 18.2. The van der Waals surface area contributed by atoms with E-state index in [0.717, 1.165) is 48.3 Å². The Hall–Kier alpha value is -2.14. The van der Waals surface area contributed by atoms with Crippen LogP contribution in [0, 0.1) is 12.8 Å². The molecule has 1 unspecified atom stereocenters. The van der Waals surface area contributed by atoms with Crippen LogP contribution in [0.3, 0.4) is 0 Å². The van der Waals surface area contributed by atoms with Crippen LogP contribution in [0.25, 0.3) is 10.9 Å². The van der Waals surface area contributed by atoms with E-state index in [1.807, 2.05) is 36.1 Å². The van der Waals surface area contributed by atoms with E-state index in [2.05, 4.69) is 4.98 Å². The number of rotatable bonds is 3. The molecule has 1 atom stereocenters. The molecule has 0 spiro atoms. The molecule has 5 heteroatoms. The second-order valence-electron chi connectivity index (χ2n) is 6.19. The van der Waals surface area contributed by atoms with Crippen LogP contribution in [-0.4, -0.2) is 42.5 Å². The fraction of sp³-hybridized carbons (Fsp3) is 0.444. The highest BCUT2D eigenvalue weighted by atomic mass is 16.5. The Balaban J connectivity index is 1.99. The summed E-state index contributed by atoms with van der Waals surface area (Å²) >= 11 is 0. The number of nitrogens with zero attached hydrogens (tertiary/aromatic N) is 2. The number of nitrogens with two attached hydrogens (primary N) is 1. The molecule has 1 aromatic carbocycles. The third-order valence-corrected chi connectivity index (χ3v) is 4.52. The number of ether oxygens (including phenoxy) is 1. The molecule has 3 rings (SSSR count). The summed E-state index contributed by atoms with van der Waals surface area (Å²) in [5, 5.41) is 0.872. The first-order valence-corrected chi connectivity index (χ1v) is 8.07. The van der Waals surface area contributed by atoms with Gasteiger partial charge in [0.05, 0.1) is 18.2 Å². The van der Waals surface area contributed by atoms with Crippen molar-refractivity contribution in [3.05, 3.63) is 35.5 Å². The average molecular weight is 313 g/mol. The second kappa shape index (κ2) is 6.54. The number of aryl methyl sites for hydroxylation is 1. The third kappa shape index (κ3) is 3.15. The maximum Gasteiger partial charge on any atom is 0.254 e.